The summed E-state index contributed by atoms with van der Waals surface area (Å²) < 4.78 is 7.23. The maximum Gasteiger partial charge on any atom is 0.340 e. The Morgan fingerprint density at radius 2 is 2.05 bits per heavy atom. The second-order valence-corrected chi connectivity index (χ2v) is 7.86. The highest BCUT2D eigenvalue weighted by molar-refractivity contribution is 14.1. The number of piperidine rings is 1. The highest BCUT2D eigenvalue weighted by Crippen LogP contribution is 2.29. The molecule has 0 spiro atoms. The van der Waals surface area contributed by atoms with Crippen LogP contribution in [0.1, 0.15) is 28.8 Å². The highest BCUT2D eigenvalue weighted by atomic mass is 127. The average Bonchev–Trinajstić information content (AvgIpc) is 2.44. The van der Waals surface area contributed by atoms with E-state index in [1.165, 1.54) is 0 Å². The van der Waals surface area contributed by atoms with Crippen LogP contribution in [0.15, 0.2) is 6.07 Å². The van der Waals surface area contributed by atoms with Gasteiger partial charge in [0.15, 0.2) is 0 Å². The van der Waals surface area contributed by atoms with Gasteiger partial charge in [-0.05, 0) is 103 Å². The zero-order chi connectivity index (χ0) is 15.6. The molecule has 0 amide bonds. The van der Waals surface area contributed by atoms with E-state index >= 15 is 0 Å². The van der Waals surface area contributed by atoms with Crippen molar-refractivity contribution < 1.29 is 9.53 Å². The number of hydrogen-bond acceptors (Lipinski definition) is 4. The van der Waals surface area contributed by atoms with Crippen molar-refractivity contribution in [2.75, 3.05) is 32.5 Å². The van der Waals surface area contributed by atoms with Crippen LogP contribution in [0.2, 0.25) is 0 Å². The third-order valence-electron chi connectivity index (χ3n) is 3.96. The molecule has 2 N–H and O–H groups in total. The van der Waals surface area contributed by atoms with Crippen molar-refractivity contribution in [3.8, 4) is 0 Å². The molecule has 1 aromatic rings. The number of halogens is 2. The number of nitrogen functional groups attached to an aromatic ring is 1. The molecular weight excluding hydrogens is 494 g/mol. The molecular formula is C15H20I2N2O2. The van der Waals surface area contributed by atoms with E-state index in [-0.39, 0.29) is 5.97 Å². The molecule has 4 nitrogen and oxygen atoms in total. The van der Waals surface area contributed by atoms with Crippen molar-refractivity contribution in [2.45, 2.75) is 19.8 Å². The first kappa shape index (κ1) is 17.3. The number of anilines is 1. The molecule has 21 heavy (non-hydrogen) atoms. The predicted octanol–water partition coefficient (Wildman–Crippen LogP) is 3.29. The summed E-state index contributed by atoms with van der Waals surface area (Å²) in [5.41, 5.74) is 8.29. The van der Waals surface area contributed by atoms with Gasteiger partial charge in [-0.15, -0.1) is 0 Å². The summed E-state index contributed by atoms with van der Waals surface area (Å²) in [6.45, 7) is 4.61. The molecule has 1 aliphatic rings. The third-order valence-corrected chi connectivity index (χ3v) is 5.93. The van der Waals surface area contributed by atoms with Crippen molar-refractivity contribution in [1.82, 2.24) is 4.90 Å². The molecule has 0 bridgehead atoms. The summed E-state index contributed by atoms with van der Waals surface area (Å²) >= 11 is 4.30. The molecule has 1 saturated heterocycles. The number of ether oxygens (including phenoxy) is 1. The molecule has 1 fully saturated rings. The molecule has 116 valence electrons. The Kier molecular flexibility index (Phi) is 6.13. The Labute approximate surface area is 153 Å². The first-order valence-electron chi connectivity index (χ1n) is 7.00. The van der Waals surface area contributed by atoms with Crippen LogP contribution < -0.4 is 5.73 Å². The molecule has 0 aliphatic carbocycles. The Balaban J connectivity index is 2.02. The molecule has 1 aliphatic heterocycles. The third kappa shape index (κ3) is 4.22. The Hall–Kier alpha value is -0.0900. The van der Waals surface area contributed by atoms with E-state index in [0.717, 1.165) is 38.6 Å². The summed E-state index contributed by atoms with van der Waals surface area (Å²) in [4.78, 5) is 14.7. The topological polar surface area (TPSA) is 55.6 Å². The fraction of sp³-hybridized carbons (Fsp3) is 0.533. The van der Waals surface area contributed by atoms with Gasteiger partial charge in [-0.3, -0.25) is 0 Å². The normalized spacial score (nSPS) is 17.0. The monoisotopic (exact) mass is 514 g/mol. The highest BCUT2D eigenvalue weighted by Gasteiger charge is 2.22. The van der Waals surface area contributed by atoms with E-state index in [1.807, 2.05) is 13.0 Å². The lowest BCUT2D eigenvalue weighted by Crippen LogP contribution is -2.32. The summed E-state index contributed by atoms with van der Waals surface area (Å²) in [5, 5.41) is 0. The van der Waals surface area contributed by atoms with Crippen LogP contribution in [0, 0.1) is 20.0 Å². The summed E-state index contributed by atoms with van der Waals surface area (Å²) in [6.07, 6.45) is 2.18. The maximum atomic E-state index is 12.4. The Morgan fingerprint density at radius 3 is 2.67 bits per heavy atom. The van der Waals surface area contributed by atoms with Crippen molar-refractivity contribution in [2.24, 2.45) is 5.92 Å². The Morgan fingerprint density at radius 1 is 1.43 bits per heavy atom. The van der Waals surface area contributed by atoms with Gasteiger partial charge in [0.1, 0.15) is 0 Å². The molecule has 6 heteroatoms. The molecule has 1 aromatic carbocycles. The van der Waals surface area contributed by atoms with E-state index in [1.54, 1.807) is 0 Å². The lowest BCUT2D eigenvalue weighted by Gasteiger charge is -2.28. The van der Waals surface area contributed by atoms with Gasteiger partial charge < -0.3 is 15.4 Å². The minimum atomic E-state index is -0.255. The number of esters is 1. The maximum absolute atomic E-state index is 12.4. The van der Waals surface area contributed by atoms with E-state index in [0.29, 0.717) is 23.8 Å². The van der Waals surface area contributed by atoms with Crippen molar-refractivity contribution in [3.63, 3.8) is 0 Å². The number of nitrogens with two attached hydrogens (primary N) is 1. The Bertz CT molecular complexity index is 541. The standard InChI is InChI=1S/C15H20I2N2O2/c1-9-7-11(16)12(13(17)14(9)18)15(20)21-8-10-3-5-19(2)6-4-10/h7,10H,3-6,8,18H2,1-2H3. The molecule has 0 radical (unpaired) electrons. The number of aryl methyl sites for hydroxylation is 1. The van der Waals surface area contributed by atoms with Crippen LogP contribution in [0.4, 0.5) is 5.69 Å². The van der Waals surface area contributed by atoms with Crippen molar-refractivity contribution in [1.29, 1.82) is 0 Å². The number of nitrogens with zero attached hydrogens (tertiary/aromatic N) is 1. The molecule has 0 saturated carbocycles. The van der Waals surface area contributed by atoms with E-state index < -0.39 is 0 Å². The van der Waals surface area contributed by atoms with Gasteiger partial charge in [0.2, 0.25) is 0 Å². The number of rotatable bonds is 3. The molecule has 0 atom stereocenters. The van der Waals surface area contributed by atoms with Crippen LogP contribution in [-0.4, -0.2) is 37.6 Å². The molecule has 0 aromatic heterocycles. The van der Waals surface area contributed by atoms with Crippen LogP contribution in [0.3, 0.4) is 0 Å². The number of carbonyl (C=O) groups is 1. The van der Waals surface area contributed by atoms with E-state index in [2.05, 4.69) is 57.1 Å². The van der Waals surface area contributed by atoms with Gasteiger partial charge in [-0.25, -0.2) is 4.79 Å². The van der Waals surface area contributed by atoms with Crippen LogP contribution in [0.5, 0.6) is 0 Å². The van der Waals surface area contributed by atoms with Crippen molar-refractivity contribution in [3.05, 3.63) is 24.3 Å². The fourth-order valence-electron chi connectivity index (χ4n) is 2.43. The molecule has 0 unspecified atom stereocenters. The smallest absolute Gasteiger partial charge is 0.340 e. The van der Waals surface area contributed by atoms with Gasteiger partial charge in [0.25, 0.3) is 0 Å². The fourth-order valence-corrected chi connectivity index (χ4v) is 4.84. The minimum Gasteiger partial charge on any atom is -0.462 e. The second kappa shape index (κ2) is 7.45. The second-order valence-electron chi connectivity index (χ2n) is 5.62. The zero-order valence-electron chi connectivity index (χ0n) is 12.3. The number of likely N-dealkylation sites (tertiary alicyclic amines) is 1. The van der Waals surface area contributed by atoms with Gasteiger partial charge in [-0.1, -0.05) is 0 Å². The van der Waals surface area contributed by atoms with Gasteiger partial charge in [0.05, 0.1) is 15.7 Å². The van der Waals surface area contributed by atoms with Crippen LogP contribution in [0.25, 0.3) is 0 Å². The lowest BCUT2D eigenvalue weighted by molar-refractivity contribution is 0.0381. The van der Waals surface area contributed by atoms with E-state index in [4.69, 9.17) is 10.5 Å². The van der Waals surface area contributed by atoms with Crippen molar-refractivity contribution >= 4 is 56.8 Å². The first-order valence-corrected chi connectivity index (χ1v) is 9.15. The van der Waals surface area contributed by atoms with Crippen LogP contribution >= 0.6 is 45.2 Å². The number of hydrogen-bond donors (Lipinski definition) is 1. The quantitative estimate of drug-likeness (QED) is 0.383. The summed E-state index contributed by atoms with van der Waals surface area (Å²) in [5.74, 6) is 0.220. The lowest BCUT2D eigenvalue weighted by atomic mass is 9.98. The number of carbonyl (C=O) groups excluding carboxylic acids is 1. The summed E-state index contributed by atoms with van der Waals surface area (Å²) in [6, 6.07) is 1.93. The minimum absolute atomic E-state index is 0.255. The predicted molar refractivity (Wildman–Crippen MR) is 102 cm³/mol. The van der Waals surface area contributed by atoms with Gasteiger partial charge in [0, 0.05) is 9.26 Å². The largest absolute Gasteiger partial charge is 0.462 e. The SMILES string of the molecule is Cc1cc(I)c(C(=O)OCC2CCN(C)CC2)c(I)c1N. The van der Waals surface area contributed by atoms with Gasteiger partial charge >= 0.3 is 5.97 Å². The van der Waals surface area contributed by atoms with Crippen LogP contribution in [-0.2, 0) is 4.74 Å². The first-order chi connectivity index (χ1) is 9.90. The molecule has 1 heterocycles. The molecule has 2 rings (SSSR count). The number of benzene rings is 1. The zero-order valence-corrected chi connectivity index (χ0v) is 16.6. The van der Waals surface area contributed by atoms with E-state index in [9.17, 15) is 4.79 Å². The average molecular weight is 514 g/mol. The summed E-state index contributed by atoms with van der Waals surface area (Å²) in [7, 11) is 2.13. The van der Waals surface area contributed by atoms with Gasteiger partial charge in [-0.2, -0.15) is 0 Å².